The number of nitrogens with zero attached hydrogens (tertiary/aromatic N) is 1. The summed E-state index contributed by atoms with van der Waals surface area (Å²) in [4.78, 5) is 12.9. The number of rotatable bonds is 23. The fraction of sp³-hybridized carbons (Fsp3) is 0.649. The highest BCUT2D eigenvalue weighted by Crippen LogP contribution is 2.21. The first-order valence-corrected chi connectivity index (χ1v) is 16.6. The van der Waals surface area contributed by atoms with Crippen molar-refractivity contribution in [3.8, 4) is 5.75 Å². The summed E-state index contributed by atoms with van der Waals surface area (Å²) in [6.07, 6.45) is 18.3. The largest absolute Gasteiger partial charge is 0.455 e. The predicted octanol–water partition coefficient (Wildman–Crippen LogP) is 9.89. The van der Waals surface area contributed by atoms with E-state index in [9.17, 15) is 4.79 Å². The Labute approximate surface area is 252 Å². The molecule has 0 radical (unpaired) electrons. The van der Waals surface area contributed by atoms with E-state index in [0.717, 1.165) is 36.2 Å². The van der Waals surface area contributed by atoms with Crippen molar-refractivity contribution in [1.29, 1.82) is 0 Å². The van der Waals surface area contributed by atoms with Gasteiger partial charge in [0.05, 0.1) is 26.6 Å². The maximum atomic E-state index is 12.9. The number of benzene rings is 2. The number of unbranched alkanes of at least 4 members (excludes halogenated alkanes) is 11. The second-order valence-electron chi connectivity index (χ2n) is 12.7. The van der Waals surface area contributed by atoms with Crippen LogP contribution in [0.15, 0.2) is 54.6 Å². The van der Waals surface area contributed by atoms with Crippen molar-refractivity contribution in [2.45, 2.75) is 130 Å². The van der Waals surface area contributed by atoms with E-state index in [2.05, 4.69) is 63.5 Å². The molecule has 0 bridgehead atoms. The van der Waals surface area contributed by atoms with E-state index in [1.165, 1.54) is 88.2 Å². The Balaban J connectivity index is 1.65. The lowest BCUT2D eigenvalue weighted by atomic mass is 10.0. The van der Waals surface area contributed by atoms with Gasteiger partial charge in [-0.25, -0.2) is 0 Å². The predicted molar refractivity (Wildman–Crippen MR) is 173 cm³/mol. The lowest BCUT2D eigenvalue weighted by Crippen LogP contribution is -2.41. The smallest absolute Gasteiger partial charge is 0.311 e. The third-order valence-electron chi connectivity index (χ3n) is 8.09. The van der Waals surface area contributed by atoms with Gasteiger partial charge in [0.1, 0.15) is 12.3 Å². The van der Waals surface area contributed by atoms with Crippen molar-refractivity contribution in [3.63, 3.8) is 0 Å². The van der Waals surface area contributed by atoms with E-state index in [1.807, 2.05) is 26.0 Å². The second-order valence-corrected chi connectivity index (χ2v) is 12.7. The molecule has 0 aliphatic rings. The van der Waals surface area contributed by atoms with Crippen molar-refractivity contribution < 1.29 is 18.8 Å². The molecule has 4 nitrogen and oxygen atoms in total. The van der Waals surface area contributed by atoms with Crippen LogP contribution >= 0.6 is 0 Å². The highest BCUT2D eigenvalue weighted by Gasteiger charge is 2.24. The van der Waals surface area contributed by atoms with Crippen LogP contribution in [0.2, 0.25) is 0 Å². The van der Waals surface area contributed by atoms with E-state index in [1.54, 1.807) is 0 Å². The van der Waals surface area contributed by atoms with Crippen LogP contribution in [0.4, 0.5) is 0 Å². The molecule has 0 aliphatic carbocycles. The number of esters is 1. The van der Waals surface area contributed by atoms with Gasteiger partial charge < -0.3 is 14.0 Å². The van der Waals surface area contributed by atoms with Crippen LogP contribution in [-0.4, -0.2) is 37.4 Å². The molecule has 0 aromatic heterocycles. The topological polar surface area (TPSA) is 35.5 Å². The molecule has 2 atom stereocenters. The van der Waals surface area contributed by atoms with Gasteiger partial charge in [0, 0.05) is 18.4 Å². The minimum absolute atomic E-state index is 0.169. The molecule has 2 unspecified atom stereocenters. The van der Waals surface area contributed by atoms with Crippen LogP contribution < -0.4 is 4.74 Å². The summed E-state index contributed by atoms with van der Waals surface area (Å²) in [5, 5.41) is 0. The number of hydrogen-bond donors (Lipinski definition) is 0. The summed E-state index contributed by atoms with van der Waals surface area (Å²) in [7, 11) is 4.43. The average molecular weight is 567 g/mol. The van der Waals surface area contributed by atoms with Gasteiger partial charge in [-0.3, -0.25) is 4.79 Å². The van der Waals surface area contributed by atoms with Crippen LogP contribution in [0, 0.1) is 5.92 Å². The number of carbonyl (C=O) groups is 1. The summed E-state index contributed by atoms with van der Waals surface area (Å²) in [6.45, 7) is 8.09. The van der Waals surface area contributed by atoms with Crippen LogP contribution in [0.3, 0.4) is 0 Å². The van der Waals surface area contributed by atoms with E-state index >= 15 is 0 Å². The van der Waals surface area contributed by atoms with E-state index in [0.29, 0.717) is 6.42 Å². The molecular formula is C37H60NO3+. The maximum absolute atomic E-state index is 12.9. The number of quaternary nitrogens is 1. The summed E-state index contributed by atoms with van der Waals surface area (Å²) < 4.78 is 12.7. The minimum Gasteiger partial charge on any atom is -0.455 e. The summed E-state index contributed by atoms with van der Waals surface area (Å²) >= 11 is 0. The van der Waals surface area contributed by atoms with Crippen LogP contribution in [-0.2, 0) is 22.5 Å². The third kappa shape index (κ3) is 16.0. The van der Waals surface area contributed by atoms with Gasteiger partial charge in [-0.1, -0.05) is 134 Å². The summed E-state index contributed by atoms with van der Waals surface area (Å²) in [5.74, 6) is 0.441. The second kappa shape index (κ2) is 20.5. The number of hydrogen-bond acceptors (Lipinski definition) is 3. The number of ether oxygens (including phenoxy) is 2. The molecule has 0 heterocycles. The lowest BCUT2D eigenvalue weighted by Gasteiger charge is -2.31. The Kier molecular flexibility index (Phi) is 17.5. The highest BCUT2D eigenvalue weighted by atomic mass is 16.7. The standard InChI is InChI=1S/C37H60NO3/c1-6-8-9-10-11-12-13-14-15-16-17-19-23-33-26-22-27-35(30-33)40-36(7-2)41-37(39)32(3)28-29-38(4,5)31-34-24-20-18-21-25-34/h18,20-22,24-27,30,32,36H,6-17,19,23,28-29,31H2,1-5H3/q+1. The van der Waals surface area contributed by atoms with Crippen molar-refractivity contribution in [2.24, 2.45) is 5.92 Å². The molecule has 2 aromatic carbocycles. The first kappa shape index (κ1) is 34.9. The van der Waals surface area contributed by atoms with E-state index in [-0.39, 0.29) is 11.9 Å². The monoisotopic (exact) mass is 566 g/mol. The Morgan fingerprint density at radius 1 is 0.756 bits per heavy atom. The molecule has 0 spiro atoms. The van der Waals surface area contributed by atoms with Gasteiger partial charge in [0.2, 0.25) is 6.29 Å². The van der Waals surface area contributed by atoms with Crippen LogP contribution in [0.1, 0.15) is 122 Å². The zero-order valence-corrected chi connectivity index (χ0v) is 27.0. The molecule has 0 saturated heterocycles. The molecule has 41 heavy (non-hydrogen) atoms. The minimum atomic E-state index is -0.557. The summed E-state index contributed by atoms with van der Waals surface area (Å²) in [5.41, 5.74) is 2.61. The van der Waals surface area contributed by atoms with E-state index in [4.69, 9.17) is 9.47 Å². The molecular weight excluding hydrogens is 506 g/mol. The van der Waals surface area contributed by atoms with Crippen LogP contribution in [0.25, 0.3) is 0 Å². The SMILES string of the molecule is CCCCCCCCCCCCCCc1cccc(OC(CC)OC(=O)C(C)CC[N+](C)(C)Cc2ccccc2)c1. The lowest BCUT2D eigenvalue weighted by molar-refractivity contribution is -0.904. The van der Waals surface area contributed by atoms with Gasteiger partial charge in [-0.05, 0) is 30.5 Å². The van der Waals surface area contributed by atoms with Gasteiger partial charge >= 0.3 is 5.97 Å². The Morgan fingerprint density at radius 3 is 1.95 bits per heavy atom. The summed E-state index contributed by atoms with van der Waals surface area (Å²) in [6, 6.07) is 18.8. The molecule has 4 heteroatoms. The molecule has 2 rings (SSSR count). The number of aryl methyl sites for hydroxylation is 1. The fourth-order valence-electron chi connectivity index (χ4n) is 5.35. The van der Waals surface area contributed by atoms with Crippen molar-refractivity contribution >= 4 is 5.97 Å². The quantitative estimate of drug-likeness (QED) is 0.0581. The van der Waals surface area contributed by atoms with Crippen molar-refractivity contribution in [3.05, 3.63) is 65.7 Å². The van der Waals surface area contributed by atoms with Crippen LogP contribution in [0.5, 0.6) is 5.75 Å². The van der Waals surface area contributed by atoms with Gasteiger partial charge in [0.25, 0.3) is 0 Å². The van der Waals surface area contributed by atoms with Gasteiger partial charge in [0.15, 0.2) is 0 Å². The molecule has 0 N–H and O–H groups in total. The van der Waals surface area contributed by atoms with Crippen molar-refractivity contribution in [2.75, 3.05) is 20.6 Å². The highest BCUT2D eigenvalue weighted by molar-refractivity contribution is 5.72. The third-order valence-corrected chi connectivity index (χ3v) is 8.09. The molecule has 0 aliphatic heterocycles. The Morgan fingerprint density at radius 2 is 1.34 bits per heavy atom. The molecule has 0 amide bonds. The van der Waals surface area contributed by atoms with Crippen molar-refractivity contribution in [1.82, 2.24) is 0 Å². The zero-order chi connectivity index (χ0) is 29.8. The van der Waals surface area contributed by atoms with Gasteiger partial charge in [-0.2, -0.15) is 0 Å². The van der Waals surface area contributed by atoms with E-state index < -0.39 is 6.29 Å². The normalized spacial score (nSPS) is 13.1. The molecule has 230 valence electrons. The Hall–Kier alpha value is -2.33. The fourth-order valence-corrected chi connectivity index (χ4v) is 5.35. The molecule has 2 aromatic rings. The zero-order valence-electron chi connectivity index (χ0n) is 27.0. The average Bonchev–Trinajstić information content (AvgIpc) is 2.96. The molecule has 0 fully saturated rings. The molecule has 0 saturated carbocycles. The first-order chi connectivity index (χ1) is 19.8. The number of carbonyl (C=O) groups excluding carboxylic acids is 1. The van der Waals surface area contributed by atoms with Gasteiger partial charge in [-0.15, -0.1) is 0 Å². The first-order valence-electron chi connectivity index (χ1n) is 16.6. The maximum Gasteiger partial charge on any atom is 0.311 e. The Bertz CT molecular complexity index is 942.